The first kappa shape index (κ1) is 8.43. The Balaban J connectivity index is 2.48. The molecule has 0 nitrogen and oxygen atoms in total. The topological polar surface area (TPSA) is 0 Å². The first-order valence-electron chi connectivity index (χ1n) is 3.53. The fourth-order valence-electron chi connectivity index (χ4n) is 0.970. The van der Waals surface area contributed by atoms with Gasteiger partial charge in [0.2, 0.25) is 0 Å². The Bertz CT molecular complexity index is 370. The second-order valence-electron chi connectivity index (χ2n) is 2.32. The van der Waals surface area contributed by atoms with E-state index in [0.717, 1.165) is 0 Å². The zero-order valence-electron chi connectivity index (χ0n) is 6.20. The largest absolute Gasteiger partial charge is 0.143 e. The van der Waals surface area contributed by atoms with E-state index in [4.69, 9.17) is 0 Å². The van der Waals surface area contributed by atoms with E-state index in [9.17, 15) is 0 Å². The van der Waals surface area contributed by atoms with E-state index < -0.39 is 0 Å². The van der Waals surface area contributed by atoms with Crippen LogP contribution in [0, 0.1) is 0 Å². The summed E-state index contributed by atoms with van der Waals surface area (Å²) in [6, 6.07) is 10.6. The van der Waals surface area contributed by atoms with Gasteiger partial charge >= 0.3 is 0 Å². The van der Waals surface area contributed by atoms with E-state index in [1.54, 1.807) is 11.3 Å². The first-order chi connectivity index (χ1) is 5.86. The van der Waals surface area contributed by atoms with E-state index in [1.165, 1.54) is 22.6 Å². The highest BCUT2D eigenvalue weighted by molar-refractivity contribution is 9.11. The summed E-state index contributed by atoms with van der Waals surface area (Å²) in [6.07, 6.45) is 0. The molecule has 0 aliphatic heterocycles. The van der Waals surface area contributed by atoms with Gasteiger partial charge in [0.25, 0.3) is 0 Å². The summed E-state index contributed by atoms with van der Waals surface area (Å²) in [5, 5.41) is 3.48. The lowest BCUT2D eigenvalue weighted by atomic mass is 10.4. The Hall–Kier alpha value is -0.170. The standard InChI is InChI=1S/C9H6BrPS/c10-9-5-1-3-7(11-9)8-4-2-6-12-8/h1-6H. The van der Waals surface area contributed by atoms with Crippen LogP contribution in [0.15, 0.2) is 39.9 Å². The average molecular weight is 257 g/mol. The predicted molar refractivity (Wildman–Crippen MR) is 60.0 cm³/mol. The lowest BCUT2D eigenvalue weighted by Crippen LogP contribution is -1.63. The highest BCUT2D eigenvalue weighted by atomic mass is 79.9. The van der Waals surface area contributed by atoms with Crippen molar-refractivity contribution >= 4 is 35.5 Å². The van der Waals surface area contributed by atoms with Crippen molar-refractivity contribution in [1.82, 2.24) is 0 Å². The minimum absolute atomic E-state index is 1.23. The van der Waals surface area contributed by atoms with Crippen LogP contribution in [0.1, 0.15) is 0 Å². The minimum atomic E-state index is 1.23. The van der Waals surface area contributed by atoms with Crippen LogP contribution in [0.25, 0.3) is 10.2 Å². The summed E-state index contributed by atoms with van der Waals surface area (Å²) in [5.74, 6) is 0. The lowest BCUT2D eigenvalue weighted by Gasteiger charge is -1.95. The number of hydrogen-bond donors (Lipinski definition) is 0. The van der Waals surface area contributed by atoms with Crippen LogP contribution in [-0.2, 0) is 0 Å². The van der Waals surface area contributed by atoms with Gasteiger partial charge in [-0.2, -0.15) is 0 Å². The SMILES string of the molecule is Brc1cccc(-c2cccs2)p1. The third-order valence-corrected chi connectivity index (χ3v) is 4.33. The molecule has 2 heterocycles. The van der Waals surface area contributed by atoms with Crippen LogP contribution in [0.3, 0.4) is 0 Å². The maximum Gasteiger partial charge on any atom is 0.0453 e. The molecule has 0 saturated carbocycles. The van der Waals surface area contributed by atoms with Gasteiger partial charge in [-0.25, -0.2) is 0 Å². The molecule has 2 rings (SSSR count). The molecule has 0 amide bonds. The normalized spacial score (nSPS) is 10.8. The second-order valence-corrected chi connectivity index (χ2v) is 5.92. The van der Waals surface area contributed by atoms with Gasteiger partial charge in [0.05, 0.1) is 0 Å². The van der Waals surface area contributed by atoms with Crippen molar-refractivity contribution in [3.63, 3.8) is 0 Å². The molecule has 0 N–H and O–H groups in total. The van der Waals surface area contributed by atoms with Gasteiger partial charge in [0.1, 0.15) is 0 Å². The van der Waals surface area contributed by atoms with E-state index in [-0.39, 0.29) is 0 Å². The fourth-order valence-corrected chi connectivity index (χ4v) is 3.38. The molecular weight excluding hydrogens is 251 g/mol. The second kappa shape index (κ2) is 3.69. The number of thiophene rings is 1. The summed E-state index contributed by atoms with van der Waals surface area (Å²) in [5.41, 5.74) is 0. The molecule has 3 heteroatoms. The van der Waals surface area contributed by atoms with Crippen molar-refractivity contribution in [3.05, 3.63) is 39.9 Å². The van der Waals surface area contributed by atoms with Crippen LogP contribution in [0.4, 0.5) is 0 Å². The molecule has 0 aromatic carbocycles. The van der Waals surface area contributed by atoms with E-state index in [2.05, 4.69) is 51.6 Å². The first-order valence-corrected chi connectivity index (χ1v) is 6.09. The van der Waals surface area contributed by atoms with Crippen LogP contribution >= 0.6 is 35.5 Å². The molecule has 0 bridgehead atoms. The molecule has 0 saturated heterocycles. The van der Waals surface area contributed by atoms with Crippen molar-refractivity contribution in [3.8, 4) is 10.2 Å². The monoisotopic (exact) mass is 256 g/mol. The molecule has 0 spiro atoms. The number of rotatable bonds is 1. The van der Waals surface area contributed by atoms with Gasteiger partial charge in [0.15, 0.2) is 0 Å². The Morgan fingerprint density at radius 2 is 2.08 bits per heavy atom. The molecule has 0 aliphatic carbocycles. The van der Waals surface area contributed by atoms with Crippen molar-refractivity contribution in [2.75, 3.05) is 0 Å². The van der Waals surface area contributed by atoms with Crippen molar-refractivity contribution in [2.24, 2.45) is 0 Å². The van der Waals surface area contributed by atoms with Crippen molar-refractivity contribution in [2.45, 2.75) is 0 Å². The molecule has 0 fully saturated rings. The van der Waals surface area contributed by atoms with Gasteiger partial charge in [-0.3, -0.25) is 0 Å². The fraction of sp³-hybridized carbons (Fsp3) is 0. The molecule has 0 atom stereocenters. The third kappa shape index (κ3) is 1.77. The molecule has 60 valence electrons. The van der Waals surface area contributed by atoms with E-state index in [0.29, 0.717) is 0 Å². The van der Waals surface area contributed by atoms with Gasteiger partial charge in [-0.1, -0.05) is 20.3 Å². The third-order valence-electron chi connectivity index (χ3n) is 1.49. The van der Waals surface area contributed by atoms with Crippen LogP contribution in [-0.4, -0.2) is 0 Å². The smallest absolute Gasteiger partial charge is 0.0453 e. The van der Waals surface area contributed by atoms with Gasteiger partial charge in [0, 0.05) is 14.4 Å². The lowest BCUT2D eigenvalue weighted by molar-refractivity contribution is 1.82. The van der Waals surface area contributed by atoms with Gasteiger partial charge in [-0.15, -0.1) is 11.3 Å². The van der Waals surface area contributed by atoms with Crippen LogP contribution in [0.2, 0.25) is 0 Å². The summed E-state index contributed by atoms with van der Waals surface area (Å²) in [4.78, 5) is 1.36. The molecule has 2 aromatic heterocycles. The summed E-state index contributed by atoms with van der Waals surface area (Å²) in [6.45, 7) is 0. The number of halogens is 1. The van der Waals surface area contributed by atoms with E-state index in [1.807, 2.05) is 0 Å². The summed E-state index contributed by atoms with van der Waals surface area (Å²) < 4.78 is 1.23. The average Bonchev–Trinajstić information content (AvgIpc) is 2.56. The molecule has 12 heavy (non-hydrogen) atoms. The zero-order valence-corrected chi connectivity index (χ0v) is 9.49. The van der Waals surface area contributed by atoms with Crippen LogP contribution < -0.4 is 0 Å². The Labute approximate surface area is 85.5 Å². The molecular formula is C9H6BrPS. The van der Waals surface area contributed by atoms with Crippen LogP contribution in [0.5, 0.6) is 0 Å². The minimum Gasteiger partial charge on any atom is -0.143 e. The summed E-state index contributed by atoms with van der Waals surface area (Å²) in [7, 11) is 1.27. The molecule has 0 radical (unpaired) electrons. The quantitative estimate of drug-likeness (QED) is 0.691. The highest BCUT2D eigenvalue weighted by Crippen LogP contribution is 2.35. The highest BCUT2D eigenvalue weighted by Gasteiger charge is 1.98. The Kier molecular flexibility index (Phi) is 2.60. The molecule has 0 unspecified atom stereocenters. The zero-order chi connectivity index (χ0) is 8.39. The predicted octanol–water partition coefficient (Wildman–Crippen LogP) is 4.76. The molecule has 0 aliphatic rings. The maximum atomic E-state index is 3.50. The van der Waals surface area contributed by atoms with Crippen molar-refractivity contribution in [1.29, 1.82) is 0 Å². The molecule has 2 aromatic rings. The summed E-state index contributed by atoms with van der Waals surface area (Å²) >= 11 is 5.28. The maximum absolute atomic E-state index is 3.50. The van der Waals surface area contributed by atoms with Gasteiger partial charge < -0.3 is 0 Å². The number of hydrogen-bond acceptors (Lipinski definition) is 1. The Morgan fingerprint density at radius 1 is 1.17 bits per heavy atom. The van der Waals surface area contributed by atoms with Gasteiger partial charge in [-0.05, 0) is 39.5 Å². The van der Waals surface area contributed by atoms with Crippen molar-refractivity contribution < 1.29 is 0 Å². The Morgan fingerprint density at radius 3 is 2.75 bits per heavy atom. The van der Waals surface area contributed by atoms with E-state index >= 15 is 0 Å².